The van der Waals surface area contributed by atoms with Gasteiger partial charge in [0.1, 0.15) is 0 Å². The van der Waals surface area contributed by atoms with Crippen molar-refractivity contribution in [1.29, 1.82) is 0 Å². The summed E-state index contributed by atoms with van der Waals surface area (Å²) < 4.78 is 9.28. The van der Waals surface area contributed by atoms with E-state index in [0.717, 1.165) is 17.8 Å². The molecule has 9 nitrogen and oxygen atoms in total. The number of anilines is 1. The molecule has 27 heavy (non-hydrogen) atoms. The molecule has 1 fully saturated rings. The zero-order chi connectivity index (χ0) is 20.0. The molecule has 0 aliphatic carbocycles. The van der Waals surface area contributed by atoms with Crippen molar-refractivity contribution < 1.29 is 23.9 Å². The molecule has 1 aromatic carbocycles. The van der Waals surface area contributed by atoms with E-state index in [2.05, 4.69) is 20.3 Å². The largest absolute Gasteiger partial charge is 0.466 e. The summed E-state index contributed by atoms with van der Waals surface area (Å²) in [6.45, 7) is 0. The van der Waals surface area contributed by atoms with E-state index in [1.54, 1.807) is 23.1 Å². The van der Waals surface area contributed by atoms with Gasteiger partial charge in [-0.3, -0.25) is 10.1 Å². The average Bonchev–Trinajstić information content (AvgIpc) is 2.99. The standard InChI is InChI=1S/C17H18N4O5S/c1-21(2)12-6-5-10(7-11(12)16(24)26-4)9-18-20-17-19-15(23)13(27-17)8-14(22)25-3/h5-9H,1-4H3,(H,19,20,23)/b13-8+,18-9?. The lowest BCUT2D eigenvalue weighted by atomic mass is 10.1. The monoisotopic (exact) mass is 390 g/mol. The van der Waals surface area contributed by atoms with Gasteiger partial charge in [0.05, 0.1) is 36.6 Å². The number of amidine groups is 1. The molecule has 0 radical (unpaired) electrons. The lowest BCUT2D eigenvalue weighted by molar-refractivity contribution is -0.135. The number of amides is 1. The molecular weight excluding hydrogens is 372 g/mol. The second-order valence-electron chi connectivity index (χ2n) is 5.40. The topological polar surface area (TPSA) is 110 Å². The molecule has 10 heteroatoms. The third kappa shape index (κ3) is 5.17. The molecule has 1 aliphatic rings. The molecule has 0 spiro atoms. The molecule has 0 bridgehead atoms. The summed E-state index contributed by atoms with van der Waals surface area (Å²) in [5.41, 5.74) is 1.73. The number of benzene rings is 1. The van der Waals surface area contributed by atoms with Gasteiger partial charge >= 0.3 is 11.9 Å². The number of esters is 2. The van der Waals surface area contributed by atoms with E-state index < -0.39 is 17.8 Å². The minimum Gasteiger partial charge on any atom is -0.466 e. The molecule has 0 unspecified atom stereocenters. The van der Waals surface area contributed by atoms with Gasteiger partial charge in [-0.1, -0.05) is 6.07 Å². The summed E-state index contributed by atoms with van der Waals surface area (Å²) in [5.74, 6) is -1.55. The fourth-order valence-corrected chi connectivity index (χ4v) is 2.83. The van der Waals surface area contributed by atoms with Gasteiger partial charge in [0, 0.05) is 20.2 Å². The van der Waals surface area contributed by atoms with E-state index in [4.69, 9.17) is 4.74 Å². The fraction of sp³-hybridized carbons (Fsp3) is 0.235. The van der Waals surface area contributed by atoms with Crippen LogP contribution >= 0.6 is 11.8 Å². The second-order valence-corrected chi connectivity index (χ2v) is 6.43. The Morgan fingerprint density at radius 1 is 1.22 bits per heavy atom. The zero-order valence-electron chi connectivity index (χ0n) is 15.2. The maximum atomic E-state index is 11.9. The highest BCUT2D eigenvalue weighted by molar-refractivity contribution is 8.18. The van der Waals surface area contributed by atoms with Crippen molar-refractivity contribution in [2.45, 2.75) is 0 Å². The number of carbonyl (C=O) groups is 3. The van der Waals surface area contributed by atoms with Gasteiger partial charge in [-0.25, -0.2) is 9.59 Å². The van der Waals surface area contributed by atoms with Gasteiger partial charge in [-0.05, 0) is 29.5 Å². The summed E-state index contributed by atoms with van der Waals surface area (Å²) in [7, 11) is 6.18. The number of nitrogens with one attached hydrogen (secondary N) is 1. The van der Waals surface area contributed by atoms with Crippen LogP contribution in [0.3, 0.4) is 0 Å². The minimum absolute atomic E-state index is 0.166. The van der Waals surface area contributed by atoms with E-state index in [1.165, 1.54) is 20.4 Å². The smallest absolute Gasteiger partial charge is 0.339 e. The Hall–Kier alpha value is -3.14. The molecule has 1 heterocycles. The Morgan fingerprint density at radius 3 is 2.59 bits per heavy atom. The Labute approximate surface area is 160 Å². The van der Waals surface area contributed by atoms with Crippen molar-refractivity contribution in [2.75, 3.05) is 33.2 Å². The number of carbonyl (C=O) groups excluding carboxylic acids is 3. The Morgan fingerprint density at radius 2 is 1.96 bits per heavy atom. The number of hydrogen-bond donors (Lipinski definition) is 1. The highest BCUT2D eigenvalue weighted by atomic mass is 32.2. The van der Waals surface area contributed by atoms with Crippen molar-refractivity contribution in [3.63, 3.8) is 0 Å². The first-order valence-electron chi connectivity index (χ1n) is 7.65. The Balaban J connectivity index is 2.18. The highest BCUT2D eigenvalue weighted by Gasteiger charge is 2.25. The molecule has 1 aromatic rings. The van der Waals surface area contributed by atoms with Crippen LogP contribution in [0.2, 0.25) is 0 Å². The molecule has 1 N–H and O–H groups in total. The molecule has 1 aliphatic heterocycles. The number of rotatable bonds is 5. The van der Waals surface area contributed by atoms with Gasteiger partial charge < -0.3 is 14.4 Å². The number of ether oxygens (including phenoxy) is 2. The third-order valence-corrected chi connectivity index (χ3v) is 4.26. The lowest BCUT2D eigenvalue weighted by Gasteiger charge is -2.16. The predicted octanol–water partition coefficient (Wildman–Crippen LogP) is 1.15. The van der Waals surface area contributed by atoms with E-state index in [1.807, 2.05) is 14.1 Å². The van der Waals surface area contributed by atoms with E-state index >= 15 is 0 Å². The summed E-state index contributed by atoms with van der Waals surface area (Å²) in [5, 5.41) is 10.5. The van der Waals surface area contributed by atoms with Crippen molar-refractivity contribution in [1.82, 2.24) is 5.32 Å². The van der Waals surface area contributed by atoms with Crippen molar-refractivity contribution in [2.24, 2.45) is 10.2 Å². The van der Waals surface area contributed by atoms with Crippen LogP contribution in [0.5, 0.6) is 0 Å². The molecule has 2 rings (SSSR count). The summed E-state index contributed by atoms with van der Waals surface area (Å²) >= 11 is 0.971. The molecule has 1 amide bonds. The normalized spacial score (nSPS) is 16.7. The first-order valence-corrected chi connectivity index (χ1v) is 8.47. The van der Waals surface area contributed by atoms with Crippen LogP contribution in [0.1, 0.15) is 15.9 Å². The van der Waals surface area contributed by atoms with Gasteiger partial charge in [0.2, 0.25) is 0 Å². The Kier molecular flexibility index (Phi) is 6.72. The number of nitrogens with zero attached hydrogens (tertiary/aromatic N) is 3. The maximum Gasteiger partial charge on any atom is 0.339 e. The van der Waals surface area contributed by atoms with Crippen molar-refractivity contribution in [3.8, 4) is 0 Å². The van der Waals surface area contributed by atoms with E-state index in [0.29, 0.717) is 16.8 Å². The number of hydrogen-bond acceptors (Lipinski definition) is 9. The van der Waals surface area contributed by atoms with Crippen molar-refractivity contribution >= 4 is 46.7 Å². The summed E-state index contributed by atoms with van der Waals surface area (Å²) in [4.78, 5) is 36.8. The van der Waals surface area contributed by atoms with Crippen LogP contribution in [0.4, 0.5) is 5.69 Å². The van der Waals surface area contributed by atoms with Gasteiger partial charge in [-0.15, -0.1) is 5.10 Å². The highest BCUT2D eigenvalue weighted by Crippen LogP contribution is 2.24. The number of thioether (sulfide) groups is 1. The summed E-state index contributed by atoms with van der Waals surface area (Å²) in [6, 6.07) is 5.17. The molecule has 0 aromatic heterocycles. The maximum absolute atomic E-state index is 11.9. The van der Waals surface area contributed by atoms with E-state index in [9.17, 15) is 14.4 Å². The zero-order valence-corrected chi connectivity index (χ0v) is 16.0. The molecule has 0 saturated carbocycles. The Bertz CT molecular complexity index is 861. The van der Waals surface area contributed by atoms with Crippen LogP contribution < -0.4 is 10.2 Å². The molecule has 142 valence electrons. The van der Waals surface area contributed by atoms with Gasteiger partial charge in [0.15, 0.2) is 5.17 Å². The fourth-order valence-electron chi connectivity index (χ4n) is 2.09. The van der Waals surface area contributed by atoms with Gasteiger partial charge in [-0.2, -0.15) is 5.10 Å². The van der Waals surface area contributed by atoms with Crippen molar-refractivity contribution in [3.05, 3.63) is 40.3 Å². The molecular formula is C17H18N4O5S. The van der Waals surface area contributed by atoms with Crippen LogP contribution in [-0.2, 0) is 19.1 Å². The third-order valence-electron chi connectivity index (χ3n) is 3.36. The second kappa shape index (κ2) is 8.99. The number of methoxy groups -OCH3 is 2. The first-order chi connectivity index (χ1) is 12.8. The average molecular weight is 390 g/mol. The lowest BCUT2D eigenvalue weighted by Crippen LogP contribution is -2.19. The van der Waals surface area contributed by atoms with Gasteiger partial charge in [0.25, 0.3) is 5.91 Å². The van der Waals surface area contributed by atoms with Crippen LogP contribution in [0.25, 0.3) is 0 Å². The minimum atomic E-state index is -0.631. The van der Waals surface area contributed by atoms with Crippen LogP contribution in [0.15, 0.2) is 39.4 Å². The summed E-state index contributed by atoms with van der Waals surface area (Å²) in [6.07, 6.45) is 2.52. The molecule has 1 saturated heterocycles. The SMILES string of the molecule is COC(=O)/C=C1/S/C(=N\N=Cc2ccc(N(C)C)c(C(=O)OC)c2)NC1=O. The molecule has 0 atom stereocenters. The first kappa shape index (κ1) is 20.2. The predicted molar refractivity (Wildman–Crippen MR) is 103 cm³/mol. The van der Waals surface area contributed by atoms with E-state index in [-0.39, 0.29) is 10.1 Å². The van der Waals surface area contributed by atoms with Crippen LogP contribution in [-0.4, -0.2) is 57.5 Å². The quantitative estimate of drug-likeness (QED) is 0.348. The van der Waals surface area contributed by atoms with Crippen LogP contribution in [0, 0.1) is 0 Å².